The zero-order chi connectivity index (χ0) is 15.9. The number of halogens is 1. The summed E-state index contributed by atoms with van der Waals surface area (Å²) in [5.74, 6) is 0.913. The van der Waals surface area contributed by atoms with Crippen LogP contribution in [-0.2, 0) is 10.5 Å². The van der Waals surface area contributed by atoms with Crippen LogP contribution < -0.4 is 5.32 Å². The van der Waals surface area contributed by atoms with Crippen molar-refractivity contribution in [3.05, 3.63) is 34.3 Å². The normalized spacial score (nSPS) is 10.9. The Hall–Kier alpha value is -0.920. The lowest BCUT2D eigenvalue weighted by molar-refractivity contribution is -0.120. The number of nitrogens with zero attached hydrogens (tertiary/aromatic N) is 2. The highest BCUT2D eigenvalue weighted by Crippen LogP contribution is 2.29. The zero-order valence-electron chi connectivity index (χ0n) is 12.5. The number of benzene rings is 1. The molecule has 7 heteroatoms. The van der Waals surface area contributed by atoms with E-state index in [1.807, 2.05) is 26.0 Å². The molecule has 0 spiro atoms. The molecule has 0 radical (unpaired) electrons. The van der Waals surface area contributed by atoms with Crippen molar-refractivity contribution in [1.29, 1.82) is 0 Å². The Labute approximate surface area is 147 Å². The summed E-state index contributed by atoms with van der Waals surface area (Å²) in [6.45, 7) is 4.04. The number of hydrogen-bond donors (Lipinski definition) is 1. The van der Waals surface area contributed by atoms with E-state index in [1.165, 1.54) is 16.9 Å². The standard InChI is InChI=1S/C15H18BrN3OS2/c1-3-11(4-2)13(20)17-14-18-19-15(22-14)21-9-10-5-7-12(16)8-6-10/h5-8,11H,3-4,9H2,1-2H3,(H,17,18,20). The number of nitrogens with one attached hydrogen (secondary N) is 1. The number of amides is 1. The highest BCUT2D eigenvalue weighted by atomic mass is 79.9. The van der Waals surface area contributed by atoms with E-state index < -0.39 is 0 Å². The molecule has 1 heterocycles. The molecule has 0 atom stereocenters. The number of rotatable bonds is 7. The molecule has 0 bridgehead atoms. The fourth-order valence-electron chi connectivity index (χ4n) is 1.91. The molecular weight excluding hydrogens is 382 g/mol. The Morgan fingerprint density at radius 1 is 1.27 bits per heavy atom. The van der Waals surface area contributed by atoms with Gasteiger partial charge >= 0.3 is 0 Å². The van der Waals surface area contributed by atoms with E-state index >= 15 is 0 Å². The zero-order valence-corrected chi connectivity index (χ0v) is 15.7. The highest BCUT2D eigenvalue weighted by Gasteiger charge is 2.16. The van der Waals surface area contributed by atoms with Crippen molar-refractivity contribution in [3.8, 4) is 0 Å². The molecule has 22 heavy (non-hydrogen) atoms. The molecule has 0 saturated carbocycles. The Balaban J connectivity index is 1.88. The molecule has 1 N–H and O–H groups in total. The minimum Gasteiger partial charge on any atom is -0.300 e. The van der Waals surface area contributed by atoms with Crippen LogP contribution >= 0.6 is 39.0 Å². The van der Waals surface area contributed by atoms with Gasteiger partial charge in [-0.1, -0.05) is 65.0 Å². The van der Waals surface area contributed by atoms with Crippen molar-refractivity contribution < 1.29 is 4.79 Å². The van der Waals surface area contributed by atoms with Crippen LogP contribution in [0, 0.1) is 5.92 Å². The van der Waals surface area contributed by atoms with Crippen molar-refractivity contribution in [3.63, 3.8) is 0 Å². The van der Waals surface area contributed by atoms with E-state index in [-0.39, 0.29) is 11.8 Å². The molecule has 0 aliphatic heterocycles. The largest absolute Gasteiger partial charge is 0.300 e. The predicted octanol–water partition coefficient (Wildman–Crippen LogP) is 4.97. The molecule has 1 amide bonds. The second-order valence-electron chi connectivity index (χ2n) is 4.79. The van der Waals surface area contributed by atoms with Gasteiger partial charge in [0.1, 0.15) is 0 Å². The Kier molecular flexibility index (Phi) is 6.85. The Bertz CT molecular complexity index is 612. The fraction of sp³-hybridized carbons (Fsp3) is 0.400. The van der Waals surface area contributed by atoms with Crippen LogP contribution in [0.1, 0.15) is 32.3 Å². The molecule has 4 nitrogen and oxygen atoms in total. The van der Waals surface area contributed by atoms with Gasteiger partial charge in [0.2, 0.25) is 11.0 Å². The third-order valence-corrected chi connectivity index (χ3v) is 5.84. The van der Waals surface area contributed by atoms with E-state index in [0.29, 0.717) is 5.13 Å². The first-order valence-corrected chi connectivity index (χ1v) is 9.73. The lowest BCUT2D eigenvalue weighted by Gasteiger charge is -2.09. The van der Waals surface area contributed by atoms with Crippen LogP contribution in [0.3, 0.4) is 0 Å². The third-order valence-electron chi connectivity index (χ3n) is 3.27. The van der Waals surface area contributed by atoms with Crippen LogP contribution in [-0.4, -0.2) is 16.1 Å². The number of anilines is 1. The van der Waals surface area contributed by atoms with Gasteiger partial charge in [-0.15, -0.1) is 10.2 Å². The van der Waals surface area contributed by atoms with Gasteiger partial charge in [0.25, 0.3) is 0 Å². The van der Waals surface area contributed by atoms with Crippen molar-refractivity contribution in [2.45, 2.75) is 36.8 Å². The molecule has 1 aromatic carbocycles. The van der Waals surface area contributed by atoms with E-state index in [1.54, 1.807) is 11.8 Å². The van der Waals surface area contributed by atoms with Gasteiger partial charge in [-0.25, -0.2) is 0 Å². The Morgan fingerprint density at radius 3 is 2.59 bits per heavy atom. The summed E-state index contributed by atoms with van der Waals surface area (Å²) in [7, 11) is 0. The van der Waals surface area contributed by atoms with Gasteiger partial charge < -0.3 is 5.32 Å². The van der Waals surface area contributed by atoms with Crippen molar-refractivity contribution in [1.82, 2.24) is 10.2 Å². The first-order chi connectivity index (χ1) is 10.6. The summed E-state index contributed by atoms with van der Waals surface area (Å²) in [5, 5.41) is 11.6. The van der Waals surface area contributed by atoms with Gasteiger partial charge in [-0.05, 0) is 30.5 Å². The second-order valence-corrected chi connectivity index (χ2v) is 7.91. The maximum absolute atomic E-state index is 12.0. The number of thioether (sulfide) groups is 1. The van der Waals surface area contributed by atoms with E-state index in [9.17, 15) is 4.79 Å². The maximum atomic E-state index is 12.0. The second kappa shape index (κ2) is 8.64. The average molecular weight is 400 g/mol. The summed E-state index contributed by atoms with van der Waals surface area (Å²) >= 11 is 6.47. The molecule has 2 aromatic rings. The number of hydrogen-bond acceptors (Lipinski definition) is 5. The van der Waals surface area contributed by atoms with Crippen molar-refractivity contribution in [2.75, 3.05) is 5.32 Å². The minimum absolute atomic E-state index is 0.0330. The average Bonchev–Trinajstić information content (AvgIpc) is 2.95. The minimum atomic E-state index is 0.0330. The predicted molar refractivity (Wildman–Crippen MR) is 96.3 cm³/mol. The quantitative estimate of drug-likeness (QED) is 0.527. The lowest BCUT2D eigenvalue weighted by Crippen LogP contribution is -2.21. The van der Waals surface area contributed by atoms with Gasteiger partial charge in [-0.3, -0.25) is 4.79 Å². The number of aromatic nitrogens is 2. The van der Waals surface area contributed by atoms with Crippen LogP contribution in [0.4, 0.5) is 5.13 Å². The molecule has 0 saturated heterocycles. The summed E-state index contributed by atoms with van der Waals surface area (Å²) < 4.78 is 1.94. The molecule has 0 unspecified atom stereocenters. The fourth-order valence-corrected chi connectivity index (χ4v) is 3.89. The van der Waals surface area contributed by atoms with Crippen molar-refractivity contribution >= 4 is 50.1 Å². The van der Waals surface area contributed by atoms with E-state index in [2.05, 4.69) is 43.6 Å². The molecular formula is C15H18BrN3OS2. The lowest BCUT2D eigenvalue weighted by atomic mass is 10.0. The molecule has 118 valence electrons. The molecule has 1 aromatic heterocycles. The van der Waals surface area contributed by atoms with Crippen LogP contribution in [0.2, 0.25) is 0 Å². The van der Waals surface area contributed by atoms with Gasteiger partial charge in [0, 0.05) is 16.1 Å². The van der Waals surface area contributed by atoms with Crippen LogP contribution in [0.5, 0.6) is 0 Å². The van der Waals surface area contributed by atoms with Gasteiger partial charge in [0.15, 0.2) is 4.34 Å². The Morgan fingerprint density at radius 2 is 1.95 bits per heavy atom. The maximum Gasteiger partial charge on any atom is 0.229 e. The SMILES string of the molecule is CCC(CC)C(=O)Nc1nnc(SCc2ccc(Br)cc2)s1. The molecule has 0 aliphatic carbocycles. The first-order valence-electron chi connectivity index (χ1n) is 7.14. The van der Waals surface area contributed by atoms with Crippen LogP contribution in [0.15, 0.2) is 33.1 Å². The number of carbonyl (C=O) groups is 1. The summed E-state index contributed by atoms with van der Waals surface area (Å²) in [4.78, 5) is 12.0. The van der Waals surface area contributed by atoms with Crippen molar-refractivity contribution in [2.24, 2.45) is 5.92 Å². The van der Waals surface area contributed by atoms with E-state index in [0.717, 1.165) is 27.4 Å². The summed E-state index contributed by atoms with van der Waals surface area (Å²) in [6, 6.07) is 8.20. The topological polar surface area (TPSA) is 54.9 Å². The highest BCUT2D eigenvalue weighted by molar-refractivity contribution is 9.10. The molecule has 0 fully saturated rings. The van der Waals surface area contributed by atoms with E-state index in [4.69, 9.17) is 0 Å². The molecule has 0 aliphatic rings. The van der Waals surface area contributed by atoms with Crippen LogP contribution in [0.25, 0.3) is 0 Å². The smallest absolute Gasteiger partial charge is 0.229 e. The molecule has 2 rings (SSSR count). The van der Waals surface area contributed by atoms with Gasteiger partial charge in [0.05, 0.1) is 0 Å². The summed E-state index contributed by atoms with van der Waals surface area (Å²) in [6.07, 6.45) is 1.68. The van der Waals surface area contributed by atoms with Gasteiger partial charge in [-0.2, -0.15) is 0 Å². The third kappa shape index (κ3) is 5.07. The number of carbonyl (C=O) groups excluding carboxylic acids is 1. The monoisotopic (exact) mass is 399 g/mol. The first kappa shape index (κ1) is 17.4. The summed E-state index contributed by atoms with van der Waals surface area (Å²) in [5.41, 5.74) is 1.23.